The highest BCUT2D eigenvalue weighted by Crippen LogP contribution is 2.36. The molecule has 38 heavy (non-hydrogen) atoms. The van der Waals surface area contributed by atoms with Gasteiger partial charge in [-0.1, -0.05) is 59.1 Å². The molecule has 0 heterocycles. The van der Waals surface area contributed by atoms with Crippen LogP contribution >= 0.6 is 11.6 Å². The van der Waals surface area contributed by atoms with Crippen LogP contribution in [0.2, 0.25) is 5.02 Å². The van der Waals surface area contributed by atoms with Gasteiger partial charge in [0.25, 0.3) is 5.91 Å². The lowest BCUT2D eigenvalue weighted by Crippen LogP contribution is -2.37. The molecule has 0 bridgehead atoms. The first kappa shape index (κ1) is 28.2. The Hall–Kier alpha value is -4.37. The minimum atomic E-state index is -0.916. The van der Waals surface area contributed by atoms with Crippen LogP contribution in [0.15, 0.2) is 59.7 Å². The van der Waals surface area contributed by atoms with Crippen molar-refractivity contribution >= 4 is 41.2 Å². The third kappa shape index (κ3) is 8.07. The van der Waals surface area contributed by atoms with E-state index >= 15 is 0 Å². The monoisotopic (exact) mass is 536 g/mol. The van der Waals surface area contributed by atoms with E-state index in [2.05, 4.69) is 21.2 Å². The first-order valence-corrected chi connectivity index (χ1v) is 12.1. The van der Waals surface area contributed by atoms with Crippen LogP contribution in [0.5, 0.6) is 11.5 Å². The number of ether oxygens (including phenoxy) is 2. The summed E-state index contributed by atoms with van der Waals surface area (Å²) in [6, 6.07) is 16.4. The first-order chi connectivity index (χ1) is 18.2. The number of carbonyl (C=O) groups excluding carboxylic acids is 3. The van der Waals surface area contributed by atoms with Gasteiger partial charge in [0, 0.05) is 12.2 Å². The van der Waals surface area contributed by atoms with Gasteiger partial charge in [-0.2, -0.15) is 5.10 Å². The van der Waals surface area contributed by atoms with Crippen LogP contribution in [0.3, 0.4) is 0 Å². The van der Waals surface area contributed by atoms with Crippen LogP contribution in [-0.4, -0.2) is 37.7 Å². The van der Waals surface area contributed by atoms with Crippen LogP contribution in [0, 0.1) is 20.8 Å². The molecular formula is C28H29ClN4O5. The zero-order valence-corrected chi connectivity index (χ0v) is 22.3. The molecule has 198 valence electrons. The van der Waals surface area contributed by atoms with Gasteiger partial charge >= 0.3 is 11.8 Å². The summed E-state index contributed by atoms with van der Waals surface area (Å²) in [5.74, 6) is -1.64. The van der Waals surface area contributed by atoms with Gasteiger partial charge in [0.05, 0.1) is 18.3 Å². The maximum atomic E-state index is 12.4. The van der Waals surface area contributed by atoms with Crippen LogP contribution in [0.4, 0.5) is 5.69 Å². The molecule has 3 amide bonds. The maximum Gasteiger partial charge on any atom is 0.329 e. The summed E-state index contributed by atoms with van der Waals surface area (Å²) in [7, 11) is 1.43. The molecule has 3 rings (SSSR count). The minimum absolute atomic E-state index is 0.173. The number of benzene rings is 3. The molecule has 3 N–H and O–H groups in total. The van der Waals surface area contributed by atoms with Crippen LogP contribution in [-0.2, 0) is 20.9 Å². The van der Waals surface area contributed by atoms with Crippen LogP contribution in [0.1, 0.15) is 27.8 Å². The van der Waals surface area contributed by atoms with E-state index < -0.39 is 11.8 Å². The average Bonchev–Trinajstić information content (AvgIpc) is 2.88. The number of hydrogen-bond acceptors (Lipinski definition) is 6. The molecule has 10 heteroatoms. The SMILES string of the molecule is COc1cc(/C=N\NC(=O)C(=O)NCc2ccc(C)cc2)cc(Cl)c1OCC(=O)Nc1ccc(C)cc1C. The average molecular weight is 537 g/mol. The lowest BCUT2D eigenvalue weighted by atomic mass is 10.1. The summed E-state index contributed by atoms with van der Waals surface area (Å²) in [5, 5.41) is 9.31. The van der Waals surface area contributed by atoms with Gasteiger partial charge in [-0.3, -0.25) is 14.4 Å². The second-order valence-electron chi connectivity index (χ2n) is 8.56. The van der Waals surface area contributed by atoms with Crippen molar-refractivity contribution in [3.63, 3.8) is 0 Å². The number of rotatable bonds is 9. The molecule has 0 radical (unpaired) electrons. The van der Waals surface area contributed by atoms with Crippen molar-refractivity contribution in [1.29, 1.82) is 0 Å². The minimum Gasteiger partial charge on any atom is -0.493 e. The van der Waals surface area contributed by atoms with Crippen LogP contribution in [0.25, 0.3) is 0 Å². The van der Waals surface area contributed by atoms with Gasteiger partial charge in [-0.15, -0.1) is 0 Å². The molecule has 0 saturated heterocycles. The van der Waals surface area contributed by atoms with E-state index in [1.54, 1.807) is 6.07 Å². The molecular weight excluding hydrogens is 508 g/mol. The lowest BCUT2D eigenvalue weighted by Gasteiger charge is -2.14. The number of nitrogens with one attached hydrogen (secondary N) is 3. The Labute approximate surface area is 226 Å². The van der Waals surface area contributed by atoms with Gasteiger partial charge in [0.2, 0.25) is 0 Å². The number of carbonyl (C=O) groups is 3. The lowest BCUT2D eigenvalue weighted by molar-refractivity contribution is -0.139. The number of hydrazone groups is 1. The largest absolute Gasteiger partial charge is 0.493 e. The number of aryl methyl sites for hydroxylation is 3. The summed E-state index contributed by atoms with van der Waals surface area (Å²) in [4.78, 5) is 36.4. The Balaban J connectivity index is 1.55. The molecule has 0 spiro atoms. The fourth-order valence-electron chi connectivity index (χ4n) is 3.42. The fraction of sp³-hybridized carbons (Fsp3) is 0.214. The summed E-state index contributed by atoms with van der Waals surface area (Å²) in [5.41, 5.74) is 7.34. The summed E-state index contributed by atoms with van der Waals surface area (Å²) < 4.78 is 11.0. The molecule has 3 aromatic rings. The molecule has 9 nitrogen and oxygen atoms in total. The van der Waals surface area contributed by atoms with E-state index in [-0.39, 0.29) is 35.6 Å². The van der Waals surface area contributed by atoms with Crippen LogP contribution < -0.4 is 25.5 Å². The van der Waals surface area contributed by atoms with Gasteiger partial charge < -0.3 is 20.1 Å². The fourth-order valence-corrected chi connectivity index (χ4v) is 3.69. The van der Waals surface area contributed by atoms with Gasteiger partial charge in [0.15, 0.2) is 18.1 Å². The molecule has 0 aliphatic carbocycles. The molecule has 0 atom stereocenters. The number of nitrogens with zero attached hydrogens (tertiary/aromatic N) is 1. The van der Waals surface area contributed by atoms with E-state index in [1.807, 2.05) is 63.2 Å². The molecule has 0 aliphatic heterocycles. The Morgan fingerprint density at radius 2 is 1.66 bits per heavy atom. The molecule has 3 aromatic carbocycles. The first-order valence-electron chi connectivity index (χ1n) is 11.7. The summed E-state index contributed by atoms with van der Waals surface area (Å²) in [6.45, 7) is 5.77. The zero-order valence-electron chi connectivity index (χ0n) is 21.6. The standard InChI is InChI=1S/C28H29ClN4O5/c1-17-5-8-20(9-6-17)14-30-27(35)28(36)33-31-15-21-12-22(29)26(24(13-21)37-4)38-16-25(34)32-23-10-7-18(2)11-19(23)3/h5-13,15H,14,16H2,1-4H3,(H,30,35)(H,32,34)(H,33,36)/b31-15-. The van der Waals surface area contributed by atoms with Crippen molar-refractivity contribution in [3.05, 3.63) is 87.4 Å². The predicted octanol–water partition coefficient (Wildman–Crippen LogP) is 4.06. The molecule has 0 saturated carbocycles. The Morgan fingerprint density at radius 3 is 2.34 bits per heavy atom. The van der Waals surface area contributed by atoms with Gasteiger partial charge in [0.1, 0.15) is 0 Å². The number of amides is 3. The van der Waals surface area contributed by atoms with Crippen molar-refractivity contribution in [2.75, 3.05) is 19.0 Å². The van der Waals surface area contributed by atoms with Gasteiger partial charge in [-0.05, 0) is 55.7 Å². The van der Waals surface area contributed by atoms with Crippen molar-refractivity contribution in [1.82, 2.24) is 10.7 Å². The van der Waals surface area contributed by atoms with Crippen molar-refractivity contribution in [3.8, 4) is 11.5 Å². The summed E-state index contributed by atoms with van der Waals surface area (Å²) in [6.07, 6.45) is 1.30. The van der Waals surface area contributed by atoms with E-state index in [1.165, 1.54) is 19.4 Å². The molecule has 0 aromatic heterocycles. The Morgan fingerprint density at radius 1 is 0.947 bits per heavy atom. The van der Waals surface area contributed by atoms with E-state index in [0.29, 0.717) is 11.3 Å². The highest BCUT2D eigenvalue weighted by molar-refractivity contribution is 6.35. The highest BCUT2D eigenvalue weighted by Gasteiger charge is 2.15. The second-order valence-corrected chi connectivity index (χ2v) is 8.96. The van der Waals surface area contributed by atoms with Gasteiger partial charge in [-0.25, -0.2) is 5.43 Å². The smallest absolute Gasteiger partial charge is 0.329 e. The Kier molecular flexibility index (Phi) is 9.84. The molecule has 0 aliphatic rings. The number of halogens is 1. The normalized spacial score (nSPS) is 10.7. The number of methoxy groups -OCH3 is 1. The van der Waals surface area contributed by atoms with Crippen molar-refractivity contribution < 1.29 is 23.9 Å². The van der Waals surface area contributed by atoms with Crippen molar-refractivity contribution in [2.24, 2.45) is 5.10 Å². The predicted molar refractivity (Wildman–Crippen MR) is 147 cm³/mol. The highest BCUT2D eigenvalue weighted by atomic mass is 35.5. The van der Waals surface area contributed by atoms with E-state index in [9.17, 15) is 14.4 Å². The van der Waals surface area contributed by atoms with E-state index in [4.69, 9.17) is 21.1 Å². The number of anilines is 1. The Bertz CT molecular complexity index is 1360. The third-order valence-electron chi connectivity index (χ3n) is 5.41. The number of hydrogen-bond donors (Lipinski definition) is 3. The quantitative estimate of drug-likeness (QED) is 0.216. The second kappa shape index (κ2) is 13.3. The third-order valence-corrected chi connectivity index (χ3v) is 5.70. The molecule has 0 unspecified atom stereocenters. The van der Waals surface area contributed by atoms with E-state index in [0.717, 1.165) is 22.3 Å². The van der Waals surface area contributed by atoms with Crippen molar-refractivity contribution in [2.45, 2.75) is 27.3 Å². The maximum absolute atomic E-state index is 12.4. The summed E-state index contributed by atoms with van der Waals surface area (Å²) >= 11 is 6.35. The zero-order chi connectivity index (χ0) is 27.7. The molecule has 0 fully saturated rings. The topological polar surface area (TPSA) is 118 Å².